The third kappa shape index (κ3) is 4.52. The van der Waals surface area contributed by atoms with E-state index in [-0.39, 0.29) is 0 Å². The summed E-state index contributed by atoms with van der Waals surface area (Å²) in [5, 5.41) is 0. The van der Waals surface area contributed by atoms with Crippen LogP contribution >= 0.6 is 0 Å². The SMILES string of the molecule is CS(=O)(=O)NC[C@H]1CCCN1CC1CCCCC1. The Morgan fingerprint density at radius 3 is 2.50 bits per heavy atom. The molecule has 1 aliphatic carbocycles. The van der Waals surface area contributed by atoms with Crippen LogP contribution in [0, 0.1) is 5.92 Å². The minimum Gasteiger partial charge on any atom is -0.299 e. The molecule has 0 aromatic carbocycles. The summed E-state index contributed by atoms with van der Waals surface area (Å²) in [4.78, 5) is 2.51. The lowest BCUT2D eigenvalue weighted by Crippen LogP contribution is -2.42. The lowest BCUT2D eigenvalue weighted by molar-refractivity contribution is 0.188. The van der Waals surface area contributed by atoms with Gasteiger partial charge in [-0.2, -0.15) is 0 Å². The van der Waals surface area contributed by atoms with Crippen LogP contribution in [0.1, 0.15) is 44.9 Å². The van der Waals surface area contributed by atoms with Crippen molar-refractivity contribution in [1.82, 2.24) is 9.62 Å². The van der Waals surface area contributed by atoms with Gasteiger partial charge in [-0.25, -0.2) is 13.1 Å². The molecule has 4 nitrogen and oxygen atoms in total. The van der Waals surface area contributed by atoms with Crippen molar-refractivity contribution in [1.29, 1.82) is 0 Å². The topological polar surface area (TPSA) is 49.4 Å². The van der Waals surface area contributed by atoms with Crippen LogP contribution in [0.5, 0.6) is 0 Å². The van der Waals surface area contributed by atoms with Gasteiger partial charge in [-0.05, 0) is 38.1 Å². The number of nitrogens with zero attached hydrogens (tertiary/aromatic N) is 1. The van der Waals surface area contributed by atoms with E-state index in [2.05, 4.69) is 9.62 Å². The highest BCUT2D eigenvalue weighted by Crippen LogP contribution is 2.27. The van der Waals surface area contributed by atoms with Crippen LogP contribution in [0.4, 0.5) is 0 Å². The zero-order valence-electron chi connectivity index (χ0n) is 11.4. The zero-order valence-corrected chi connectivity index (χ0v) is 12.2. The Morgan fingerprint density at radius 2 is 1.83 bits per heavy atom. The zero-order chi connectivity index (χ0) is 13.0. The van der Waals surface area contributed by atoms with E-state index >= 15 is 0 Å². The van der Waals surface area contributed by atoms with Gasteiger partial charge in [-0.3, -0.25) is 4.90 Å². The predicted octanol–water partition coefficient (Wildman–Crippen LogP) is 1.58. The second-order valence-electron chi connectivity index (χ2n) is 5.92. The van der Waals surface area contributed by atoms with Gasteiger partial charge in [-0.1, -0.05) is 19.3 Å². The Morgan fingerprint density at radius 1 is 1.11 bits per heavy atom. The monoisotopic (exact) mass is 274 g/mol. The lowest BCUT2D eigenvalue weighted by Gasteiger charge is -2.30. The molecule has 0 aromatic heterocycles. The van der Waals surface area contributed by atoms with E-state index in [9.17, 15) is 8.42 Å². The van der Waals surface area contributed by atoms with Crippen LogP contribution in [0.3, 0.4) is 0 Å². The van der Waals surface area contributed by atoms with E-state index in [0.717, 1.165) is 18.9 Å². The highest BCUT2D eigenvalue weighted by Gasteiger charge is 2.27. The first-order chi connectivity index (χ1) is 8.54. The van der Waals surface area contributed by atoms with Crippen molar-refractivity contribution in [2.45, 2.75) is 51.0 Å². The predicted molar refractivity (Wildman–Crippen MR) is 74.0 cm³/mol. The third-order valence-corrected chi connectivity index (χ3v) is 4.99. The molecule has 5 heteroatoms. The summed E-state index contributed by atoms with van der Waals surface area (Å²) in [7, 11) is -3.04. The van der Waals surface area contributed by atoms with Crippen molar-refractivity contribution in [2.75, 3.05) is 25.9 Å². The summed E-state index contributed by atoms with van der Waals surface area (Å²) in [5.74, 6) is 0.845. The van der Waals surface area contributed by atoms with Crippen molar-refractivity contribution in [3.63, 3.8) is 0 Å². The third-order valence-electron chi connectivity index (χ3n) is 4.30. The Bertz CT molecular complexity index is 350. The smallest absolute Gasteiger partial charge is 0.208 e. The fourth-order valence-electron chi connectivity index (χ4n) is 3.32. The minimum atomic E-state index is -3.04. The Hall–Kier alpha value is -0.130. The van der Waals surface area contributed by atoms with Crippen molar-refractivity contribution in [3.8, 4) is 0 Å². The normalized spacial score (nSPS) is 27.7. The van der Waals surface area contributed by atoms with Crippen molar-refractivity contribution in [2.24, 2.45) is 5.92 Å². The molecule has 18 heavy (non-hydrogen) atoms. The molecule has 2 aliphatic rings. The number of hydrogen-bond acceptors (Lipinski definition) is 3. The van der Waals surface area contributed by atoms with Crippen LogP contribution < -0.4 is 4.72 Å². The molecule has 0 radical (unpaired) electrons. The molecule has 1 aliphatic heterocycles. The Labute approximate surface area is 111 Å². The fourth-order valence-corrected chi connectivity index (χ4v) is 3.81. The molecule has 0 spiro atoms. The first-order valence-electron chi connectivity index (χ1n) is 7.23. The first kappa shape index (κ1) is 14.3. The molecular formula is C13H26N2O2S. The van der Waals surface area contributed by atoms with E-state index in [1.54, 1.807) is 0 Å². The fraction of sp³-hybridized carbons (Fsp3) is 1.00. The quantitative estimate of drug-likeness (QED) is 0.828. The molecule has 2 fully saturated rings. The first-order valence-corrected chi connectivity index (χ1v) is 9.12. The van der Waals surface area contributed by atoms with Crippen LogP contribution in [-0.2, 0) is 10.0 Å². The van der Waals surface area contributed by atoms with Gasteiger partial charge in [-0.15, -0.1) is 0 Å². The summed E-state index contributed by atoms with van der Waals surface area (Å²) in [6.45, 7) is 2.91. The van der Waals surface area contributed by atoms with Crippen LogP contribution in [0.25, 0.3) is 0 Å². The van der Waals surface area contributed by atoms with Crippen LogP contribution in [0.15, 0.2) is 0 Å². The molecule has 106 valence electrons. The van der Waals surface area contributed by atoms with Crippen molar-refractivity contribution >= 4 is 10.0 Å². The lowest BCUT2D eigenvalue weighted by atomic mass is 9.89. The number of likely N-dealkylation sites (tertiary alicyclic amines) is 1. The summed E-state index contributed by atoms with van der Waals surface area (Å²) in [6, 6.07) is 0.418. The molecular weight excluding hydrogens is 248 g/mol. The maximum absolute atomic E-state index is 11.2. The maximum atomic E-state index is 11.2. The molecule has 0 bridgehead atoms. The molecule has 1 atom stereocenters. The van der Waals surface area contributed by atoms with Gasteiger partial charge >= 0.3 is 0 Å². The van der Waals surface area contributed by atoms with Gasteiger partial charge in [0.2, 0.25) is 10.0 Å². The molecule has 0 aromatic rings. The Balaban J connectivity index is 1.79. The van der Waals surface area contributed by atoms with Crippen LogP contribution in [-0.4, -0.2) is 45.2 Å². The average molecular weight is 274 g/mol. The largest absolute Gasteiger partial charge is 0.299 e. The number of sulfonamides is 1. The second kappa shape index (κ2) is 6.35. The van der Waals surface area contributed by atoms with Gasteiger partial charge in [0.15, 0.2) is 0 Å². The van der Waals surface area contributed by atoms with E-state index in [4.69, 9.17) is 0 Å². The van der Waals surface area contributed by atoms with E-state index < -0.39 is 10.0 Å². The van der Waals surface area contributed by atoms with Gasteiger partial charge in [0.05, 0.1) is 6.26 Å². The van der Waals surface area contributed by atoms with Gasteiger partial charge in [0, 0.05) is 19.1 Å². The Kier molecular flexibility index (Phi) is 5.04. The maximum Gasteiger partial charge on any atom is 0.208 e. The van der Waals surface area contributed by atoms with E-state index in [1.807, 2.05) is 0 Å². The van der Waals surface area contributed by atoms with E-state index in [1.165, 1.54) is 51.3 Å². The van der Waals surface area contributed by atoms with Crippen molar-refractivity contribution < 1.29 is 8.42 Å². The molecule has 0 amide bonds. The summed E-state index contributed by atoms with van der Waals surface area (Å²) < 4.78 is 25.0. The molecule has 1 saturated heterocycles. The van der Waals surface area contributed by atoms with E-state index in [0.29, 0.717) is 12.6 Å². The summed E-state index contributed by atoms with van der Waals surface area (Å²) in [6.07, 6.45) is 10.5. The standard InChI is InChI=1S/C13H26N2O2S/c1-18(16,17)14-10-13-8-5-9-15(13)11-12-6-3-2-4-7-12/h12-14H,2-11H2,1H3/t13-/m1/s1. The van der Waals surface area contributed by atoms with Gasteiger partial charge in [0.25, 0.3) is 0 Å². The molecule has 1 heterocycles. The van der Waals surface area contributed by atoms with Crippen molar-refractivity contribution in [3.05, 3.63) is 0 Å². The molecule has 1 N–H and O–H groups in total. The highest BCUT2D eigenvalue weighted by molar-refractivity contribution is 7.88. The highest BCUT2D eigenvalue weighted by atomic mass is 32.2. The van der Waals surface area contributed by atoms with Crippen LogP contribution in [0.2, 0.25) is 0 Å². The van der Waals surface area contributed by atoms with Gasteiger partial charge < -0.3 is 0 Å². The van der Waals surface area contributed by atoms with Gasteiger partial charge in [0.1, 0.15) is 0 Å². The molecule has 1 saturated carbocycles. The number of hydrogen-bond donors (Lipinski definition) is 1. The number of nitrogens with one attached hydrogen (secondary N) is 1. The minimum absolute atomic E-state index is 0.418. The molecule has 2 rings (SSSR count). The number of rotatable bonds is 5. The average Bonchev–Trinajstić information content (AvgIpc) is 2.74. The summed E-state index contributed by atoms with van der Waals surface area (Å²) >= 11 is 0. The second-order valence-corrected chi connectivity index (χ2v) is 7.75. The summed E-state index contributed by atoms with van der Waals surface area (Å²) in [5.41, 5.74) is 0. The molecule has 0 unspecified atom stereocenters.